The lowest BCUT2D eigenvalue weighted by molar-refractivity contribution is 0.0482. The van der Waals surface area contributed by atoms with Crippen molar-refractivity contribution in [1.29, 1.82) is 0 Å². The summed E-state index contributed by atoms with van der Waals surface area (Å²) in [5.41, 5.74) is 2.30. The number of carbonyl (C=O) groups excluding carboxylic acids is 1. The largest absolute Gasteiger partial charge is 0.493 e. The summed E-state index contributed by atoms with van der Waals surface area (Å²) in [6, 6.07) is 20.2. The van der Waals surface area contributed by atoms with Crippen molar-refractivity contribution in [2.75, 3.05) is 53.0 Å². The Kier molecular flexibility index (Phi) is 9.40. The van der Waals surface area contributed by atoms with Crippen molar-refractivity contribution < 1.29 is 23.4 Å². The summed E-state index contributed by atoms with van der Waals surface area (Å²) in [7, 11) is 1.67. The fourth-order valence-electron chi connectivity index (χ4n) is 5.35. The Hall–Kier alpha value is -3.49. The Labute approximate surface area is 231 Å². The minimum absolute atomic E-state index is 0.194. The predicted molar refractivity (Wildman–Crippen MR) is 149 cm³/mol. The molecule has 0 saturated carbocycles. The van der Waals surface area contributed by atoms with Crippen LogP contribution in [-0.4, -0.2) is 73.8 Å². The molecule has 1 unspecified atom stereocenters. The molecule has 2 aromatic carbocycles. The molecule has 1 amide bonds. The molecule has 0 radical (unpaired) electrons. The first-order chi connectivity index (χ1) is 19.2. The van der Waals surface area contributed by atoms with Crippen LogP contribution in [0, 0.1) is 5.92 Å². The number of rotatable bonds is 10. The van der Waals surface area contributed by atoms with Crippen LogP contribution < -0.4 is 9.47 Å². The molecule has 0 N–H and O–H groups in total. The monoisotopic (exact) mass is 533 g/mol. The maximum atomic E-state index is 12.7. The summed E-state index contributed by atoms with van der Waals surface area (Å²) in [6.45, 7) is 7.54. The molecule has 5 rings (SSSR count). The summed E-state index contributed by atoms with van der Waals surface area (Å²) in [5.74, 6) is 2.79. The number of hydrogen-bond acceptors (Lipinski definition) is 7. The summed E-state index contributed by atoms with van der Waals surface area (Å²) in [6.07, 6.45) is 3.68. The van der Waals surface area contributed by atoms with Gasteiger partial charge >= 0.3 is 6.09 Å². The first-order valence-electron chi connectivity index (χ1n) is 13.9. The molecule has 3 heterocycles. The molecular formula is C31H39N3O5. The maximum Gasteiger partial charge on any atom is 0.409 e. The van der Waals surface area contributed by atoms with Gasteiger partial charge in [0.2, 0.25) is 0 Å². The van der Waals surface area contributed by atoms with Gasteiger partial charge in [-0.15, -0.1) is 0 Å². The number of nitrogens with zero attached hydrogens (tertiary/aromatic N) is 3. The van der Waals surface area contributed by atoms with Crippen molar-refractivity contribution in [2.24, 2.45) is 5.92 Å². The number of amides is 1. The van der Waals surface area contributed by atoms with Crippen LogP contribution in [0.2, 0.25) is 0 Å². The second-order valence-corrected chi connectivity index (χ2v) is 10.4. The molecule has 3 aromatic rings. The Balaban J connectivity index is 1.07. The average Bonchev–Trinajstić information content (AvgIpc) is 3.49. The highest BCUT2D eigenvalue weighted by molar-refractivity contribution is 5.67. The van der Waals surface area contributed by atoms with E-state index in [2.05, 4.69) is 34.1 Å². The zero-order valence-corrected chi connectivity index (χ0v) is 22.8. The zero-order chi connectivity index (χ0) is 26.9. The molecule has 1 atom stereocenters. The predicted octanol–water partition coefficient (Wildman–Crippen LogP) is 5.03. The Morgan fingerprint density at radius 2 is 1.74 bits per heavy atom. The van der Waals surface area contributed by atoms with Crippen molar-refractivity contribution in [3.8, 4) is 11.5 Å². The lowest BCUT2D eigenvalue weighted by Crippen LogP contribution is -2.48. The van der Waals surface area contributed by atoms with Crippen molar-refractivity contribution in [2.45, 2.75) is 32.5 Å². The van der Waals surface area contributed by atoms with Crippen LogP contribution in [0.4, 0.5) is 4.79 Å². The van der Waals surface area contributed by atoms with Gasteiger partial charge in [-0.2, -0.15) is 0 Å². The van der Waals surface area contributed by atoms with Gasteiger partial charge in [0, 0.05) is 45.2 Å². The summed E-state index contributed by atoms with van der Waals surface area (Å²) in [4.78, 5) is 19.3. The number of carbonyl (C=O) groups is 1. The number of likely N-dealkylation sites (tertiary alicyclic amines) is 1. The molecule has 8 heteroatoms. The lowest BCUT2D eigenvalue weighted by Gasteiger charge is -2.35. The highest BCUT2D eigenvalue weighted by Crippen LogP contribution is 2.30. The number of hydrogen-bond donors (Lipinski definition) is 0. The van der Waals surface area contributed by atoms with E-state index < -0.39 is 0 Å². The van der Waals surface area contributed by atoms with E-state index in [0.717, 1.165) is 74.9 Å². The van der Waals surface area contributed by atoms with Crippen LogP contribution in [0.15, 0.2) is 71.3 Å². The number of piperazine rings is 1. The van der Waals surface area contributed by atoms with E-state index in [9.17, 15) is 4.79 Å². The average molecular weight is 534 g/mol. The van der Waals surface area contributed by atoms with E-state index in [1.165, 1.54) is 5.56 Å². The quantitative estimate of drug-likeness (QED) is 0.362. The van der Waals surface area contributed by atoms with Crippen molar-refractivity contribution >= 4 is 6.09 Å². The van der Waals surface area contributed by atoms with Crippen molar-refractivity contribution in [3.05, 3.63) is 83.8 Å². The van der Waals surface area contributed by atoms with E-state index in [1.807, 2.05) is 41.3 Å². The molecule has 2 aliphatic rings. The van der Waals surface area contributed by atoms with Gasteiger partial charge in [0.1, 0.15) is 12.4 Å². The highest BCUT2D eigenvalue weighted by Gasteiger charge is 2.26. The number of furan rings is 1. The number of methoxy groups -OCH3 is 1. The Bertz CT molecular complexity index is 1160. The van der Waals surface area contributed by atoms with Crippen molar-refractivity contribution in [3.63, 3.8) is 0 Å². The second kappa shape index (κ2) is 13.5. The van der Waals surface area contributed by atoms with Gasteiger partial charge in [0.05, 0.1) is 26.5 Å². The standard InChI is InChI=1S/C31H39N3O5/c1-36-29-12-11-26(19-30(29)38-23-25-7-3-2-4-8-25)20-33-13-5-9-27(21-33)24-39-31(35)34-16-14-32(15-17-34)22-28-10-6-18-37-28/h2-4,6-8,10-12,18-19,27H,5,9,13-17,20-24H2,1H3. The van der Waals surface area contributed by atoms with Gasteiger partial charge in [-0.1, -0.05) is 36.4 Å². The molecular weight excluding hydrogens is 494 g/mol. The van der Waals surface area contributed by atoms with Crippen LogP contribution in [0.1, 0.15) is 29.7 Å². The highest BCUT2D eigenvalue weighted by atomic mass is 16.6. The summed E-state index contributed by atoms with van der Waals surface area (Å²) >= 11 is 0. The first-order valence-corrected chi connectivity index (χ1v) is 13.9. The van der Waals surface area contributed by atoms with Crippen LogP contribution in [-0.2, 0) is 24.4 Å². The van der Waals surface area contributed by atoms with Gasteiger partial charge in [-0.05, 0) is 54.8 Å². The second-order valence-electron chi connectivity index (χ2n) is 10.4. The Morgan fingerprint density at radius 3 is 2.51 bits per heavy atom. The topological polar surface area (TPSA) is 67.6 Å². The molecule has 2 aliphatic heterocycles. The number of ether oxygens (including phenoxy) is 3. The van der Waals surface area contributed by atoms with Crippen LogP contribution in [0.25, 0.3) is 0 Å². The molecule has 0 aliphatic carbocycles. The van der Waals surface area contributed by atoms with Crippen LogP contribution >= 0.6 is 0 Å². The smallest absolute Gasteiger partial charge is 0.409 e. The number of piperidine rings is 1. The van der Waals surface area contributed by atoms with Crippen LogP contribution in [0.3, 0.4) is 0 Å². The molecule has 2 saturated heterocycles. The normalized spacial score (nSPS) is 18.6. The van der Waals surface area contributed by atoms with Gasteiger partial charge in [0.25, 0.3) is 0 Å². The molecule has 39 heavy (non-hydrogen) atoms. The van der Waals surface area contributed by atoms with Crippen LogP contribution in [0.5, 0.6) is 11.5 Å². The molecule has 0 bridgehead atoms. The lowest BCUT2D eigenvalue weighted by atomic mass is 9.98. The zero-order valence-electron chi connectivity index (χ0n) is 22.8. The van der Waals surface area contributed by atoms with Gasteiger partial charge in [-0.3, -0.25) is 9.80 Å². The fourth-order valence-corrected chi connectivity index (χ4v) is 5.35. The minimum atomic E-state index is -0.194. The van der Waals surface area contributed by atoms with E-state index in [4.69, 9.17) is 18.6 Å². The first kappa shape index (κ1) is 27.1. The fraction of sp³-hybridized carbons (Fsp3) is 0.452. The minimum Gasteiger partial charge on any atom is -0.493 e. The third-order valence-corrected chi connectivity index (χ3v) is 7.51. The molecule has 0 spiro atoms. The number of benzene rings is 2. The van der Waals surface area contributed by atoms with Gasteiger partial charge in [0.15, 0.2) is 11.5 Å². The third kappa shape index (κ3) is 7.77. The maximum absolute atomic E-state index is 12.7. The van der Waals surface area contributed by atoms with E-state index in [0.29, 0.717) is 32.2 Å². The van der Waals surface area contributed by atoms with E-state index in [1.54, 1.807) is 13.4 Å². The van der Waals surface area contributed by atoms with E-state index in [-0.39, 0.29) is 6.09 Å². The molecule has 8 nitrogen and oxygen atoms in total. The van der Waals surface area contributed by atoms with E-state index >= 15 is 0 Å². The van der Waals surface area contributed by atoms with Crippen molar-refractivity contribution in [1.82, 2.24) is 14.7 Å². The Morgan fingerprint density at radius 1 is 0.897 bits per heavy atom. The molecule has 208 valence electrons. The summed E-state index contributed by atoms with van der Waals surface area (Å²) < 4.78 is 22.9. The van der Waals surface area contributed by atoms with Gasteiger partial charge < -0.3 is 23.5 Å². The molecule has 1 aromatic heterocycles. The van der Waals surface area contributed by atoms with Gasteiger partial charge in [-0.25, -0.2) is 4.79 Å². The summed E-state index contributed by atoms with van der Waals surface area (Å²) in [5, 5.41) is 0. The SMILES string of the molecule is COc1ccc(CN2CCCC(COC(=O)N3CCN(Cc4ccco4)CC3)C2)cc1OCc1ccccc1. The molecule has 2 fully saturated rings. The third-order valence-electron chi connectivity index (χ3n) is 7.51.